The van der Waals surface area contributed by atoms with Crippen LogP contribution in [0.15, 0.2) is 24.3 Å². The molecular formula is C10H6F7NO2. The van der Waals surface area contributed by atoms with Crippen LogP contribution in [-0.4, -0.2) is 24.6 Å². The zero-order valence-corrected chi connectivity index (χ0v) is 9.35. The van der Waals surface area contributed by atoms with Gasteiger partial charge in [-0.3, -0.25) is 4.79 Å². The van der Waals surface area contributed by atoms with E-state index in [4.69, 9.17) is 0 Å². The van der Waals surface area contributed by atoms with Crippen LogP contribution < -0.4 is 10.1 Å². The largest absolute Gasteiger partial charge is 0.463 e. The van der Waals surface area contributed by atoms with Gasteiger partial charge in [-0.1, -0.05) is 12.1 Å². The molecule has 20 heavy (non-hydrogen) atoms. The number of para-hydroxylation sites is 2. The van der Waals surface area contributed by atoms with Crippen molar-refractivity contribution >= 4 is 11.6 Å². The first-order valence-electron chi connectivity index (χ1n) is 4.85. The Morgan fingerprint density at radius 3 is 2.15 bits per heavy atom. The van der Waals surface area contributed by atoms with Gasteiger partial charge in [0, 0.05) is 0 Å². The van der Waals surface area contributed by atoms with E-state index in [1.807, 2.05) is 0 Å². The lowest BCUT2D eigenvalue weighted by Gasteiger charge is -2.19. The number of carbonyl (C=O) groups excluding carboxylic acids is 1. The summed E-state index contributed by atoms with van der Waals surface area (Å²) in [7, 11) is 0. The number of hydrogen-bond donors (Lipinski definition) is 1. The van der Waals surface area contributed by atoms with E-state index in [0.717, 1.165) is 24.3 Å². The third-order valence-corrected chi connectivity index (χ3v) is 1.99. The van der Waals surface area contributed by atoms with E-state index in [1.54, 1.807) is 0 Å². The standard InChI is InChI=1S/C10H6F7NO2/c11-8(12)20-6-4-2-1-3-5(6)18-7(19)9(13,14)10(15,16)17/h1-4,8H,(H,18,19). The molecule has 1 N–H and O–H groups in total. The van der Waals surface area contributed by atoms with Crippen molar-refractivity contribution in [2.24, 2.45) is 0 Å². The number of nitrogens with one attached hydrogen (secondary N) is 1. The van der Waals surface area contributed by atoms with E-state index in [9.17, 15) is 35.5 Å². The summed E-state index contributed by atoms with van der Waals surface area (Å²) in [5.74, 6) is -9.10. The van der Waals surface area contributed by atoms with Crippen molar-refractivity contribution in [3.05, 3.63) is 24.3 Å². The zero-order valence-electron chi connectivity index (χ0n) is 9.35. The molecule has 0 bridgehead atoms. The van der Waals surface area contributed by atoms with Crippen LogP contribution >= 0.6 is 0 Å². The van der Waals surface area contributed by atoms with Crippen molar-refractivity contribution in [2.75, 3.05) is 5.32 Å². The molecule has 1 aromatic rings. The minimum absolute atomic E-state index is 0.735. The molecule has 0 aliphatic rings. The quantitative estimate of drug-likeness (QED) is 0.866. The zero-order chi connectivity index (χ0) is 15.6. The molecule has 1 rings (SSSR count). The molecule has 0 saturated carbocycles. The van der Waals surface area contributed by atoms with E-state index in [1.165, 1.54) is 5.32 Å². The molecule has 10 heteroatoms. The van der Waals surface area contributed by atoms with E-state index >= 15 is 0 Å². The number of anilines is 1. The van der Waals surface area contributed by atoms with Crippen LogP contribution in [0, 0.1) is 0 Å². The molecule has 0 aliphatic carbocycles. The lowest BCUT2D eigenvalue weighted by molar-refractivity contribution is -0.267. The SMILES string of the molecule is O=C(Nc1ccccc1OC(F)F)C(F)(F)C(F)(F)F. The molecule has 0 atom stereocenters. The van der Waals surface area contributed by atoms with Gasteiger partial charge in [-0.15, -0.1) is 0 Å². The van der Waals surface area contributed by atoms with Crippen molar-refractivity contribution in [3.8, 4) is 5.75 Å². The Morgan fingerprint density at radius 2 is 1.65 bits per heavy atom. The third kappa shape index (κ3) is 3.52. The number of benzene rings is 1. The van der Waals surface area contributed by atoms with Gasteiger partial charge in [-0.2, -0.15) is 30.7 Å². The van der Waals surface area contributed by atoms with E-state index < -0.39 is 36.1 Å². The second-order valence-corrected chi connectivity index (χ2v) is 3.40. The molecule has 0 saturated heterocycles. The Hall–Kier alpha value is -2.00. The summed E-state index contributed by atoms with van der Waals surface area (Å²) >= 11 is 0. The summed E-state index contributed by atoms with van der Waals surface area (Å²) in [4.78, 5) is 10.9. The fourth-order valence-corrected chi connectivity index (χ4v) is 1.10. The molecule has 0 unspecified atom stereocenters. The van der Waals surface area contributed by atoms with Gasteiger partial charge in [0.05, 0.1) is 5.69 Å². The lowest BCUT2D eigenvalue weighted by Crippen LogP contribution is -2.47. The maximum atomic E-state index is 12.7. The maximum Gasteiger partial charge on any atom is 0.463 e. The molecule has 0 radical (unpaired) electrons. The van der Waals surface area contributed by atoms with Crippen molar-refractivity contribution < 1.29 is 40.3 Å². The summed E-state index contributed by atoms with van der Waals surface area (Å²) in [6.07, 6.45) is -6.10. The number of amides is 1. The predicted octanol–water partition coefficient (Wildman–Crippen LogP) is 3.42. The monoisotopic (exact) mass is 305 g/mol. The van der Waals surface area contributed by atoms with E-state index in [2.05, 4.69) is 4.74 Å². The van der Waals surface area contributed by atoms with E-state index in [0.29, 0.717) is 0 Å². The highest BCUT2D eigenvalue weighted by atomic mass is 19.4. The van der Waals surface area contributed by atoms with E-state index in [-0.39, 0.29) is 0 Å². The fourth-order valence-electron chi connectivity index (χ4n) is 1.10. The Morgan fingerprint density at radius 1 is 1.10 bits per heavy atom. The van der Waals surface area contributed by atoms with Crippen molar-refractivity contribution in [1.82, 2.24) is 0 Å². The summed E-state index contributed by atoms with van der Waals surface area (Å²) in [6.45, 7) is -3.34. The second-order valence-electron chi connectivity index (χ2n) is 3.40. The Bertz CT molecular complexity index is 487. The van der Waals surface area contributed by atoms with Crippen molar-refractivity contribution in [3.63, 3.8) is 0 Å². The fraction of sp³-hybridized carbons (Fsp3) is 0.300. The predicted molar refractivity (Wildman–Crippen MR) is 52.7 cm³/mol. The highest BCUT2D eigenvalue weighted by Crippen LogP contribution is 2.37. The van der Waals surface area contributed by atoms with Crippen LogP contribution in [0.5, 0.6) is 5.75 Å². The molecule has 1 amide bonds. The molecule has 0 heterocycles. The first-order chi connectivity index (χ1) is 9.05. The van der Waals surface area contributed by atoms with Gasteiger partial charge in [0.2, 0.25) is 0 Å². The minimum Gasteiger partial charge on any atom is -0.433 e. The lowest BCUT2D eigenvalue weighted by atomic mass is 10.2. The van der Waals surface area contributed by atoms with Crippen molar-refractivity contribution in [1.29, 1.82) is 0 Å². The number of alkyl halides is 7. The molecular weight excluding hydrogens is 299 g/mol. The third-order valence-electron chi connectivity index (χ3n) is 1.99. The first-order valence-corrected chi connectivity index (χ1v) is 4.85. The van der Waals surface area contributed by atoms with Gasteiger partial charge in [0.25, 0.3) is 0 Å². The first kappa shape index (κ1) is 16.1. The highest BCUT2D eigenvalue weighted by Gasteiger charge is 2.63. The topological polar surface area (TPSA) is 38.3 Å². The smallest absolute Gasteiger partial charge is 0.433 e. The summed E-state index contributed by atoms with van der Waals surface area (Å²) in [5.41, 5.74) is -0.735. The van der Waals surface area contributed by atoms with Crippen LogP contribution in [0.25, 0.3) is 0 Å². The Kier molecular flexibility index (Phi) is 4.46. The van der Waals surface area contributed by atoms with Crippen LogP contribution in [-0.2, 0) is 4.79 Å². The second kappa shape index (κ2) is 5.55. The van der Waals surface area contributed by atoms with Crippen LogP contribution in [0.2, 0.25) is 0 Å². The molecule has 0 aromatic heterocycles. The van der Waals surface area contributed by atoms with Crippen molar-refractivity contribution in [2.45, 2.75) is 18.7 Å². The number of halogens is 7. The van der Waals surface area contributed by atoms with Crippen LogP contribution in [0.4, 0.5) is 36.4 Å². The molecule has 1 aromatic carbocycles. The van der Waals surface area contributed by atoms with Gasteiger partial charge < -0.3 is 10.1 Å². The minimum atomic E-state index is -6.10. The van der Waals surface area contributed by atoms with Crippen LogP contribution in [0.3, 0.4) is 0 Å². The van der Waals surface area contributed by atoms with Gasteiger partial charge in [0.15, 0.2) is 0 Å². The normalized spacial score (nSPS) is 12.4. The molecule has 0 fully saturated rings. The molecule has 112 valence electrons. The highest BCUT2D eigenvalue weighted by molar-refractivity contribution is 5.97. The summed E-state index contributed by atoms with van der Waals surface area (Å²) in [6, 6.07) is 3.99. The maximum absolute atomic E-state index is 12.7. The molecule has 0 aliphatic heterocycles. The Labute approximate surface area is 107 Å². The van der Waals surface area contributed by atoms with Gasteiger partial charge in [-0.25, -0.2) is 0 Å². The Balaban J connectivity index is 2.97. The molecule has 3 nitrogen and oxygen atoms in total. The number of carbonyl (C=O) groups is 1. The van der Waals surface area contributed by atoms with Gasteiger partial charge in [-0.05, 0) is 12.1 Å². The number of hydrogen-bond acceptors (Lipinski definition) is 2. The van der Waals surface area contributed by atoms with Gasteiger partial charge in [0.1, 0.15) is 5.75 Å². The average Bonchev–Trinajstić information content (AvgIpc) is 2.29. The summed E-state index contributed by atoms with van der Waals surface area (Å²) < 4.78 is 89.0. The molecule has 0 spiro atoms. The average molecular weight is 305 g/mol. The van der Waals surface area contributed by atoms with Crippen LogP contribution in [0.1, 0.15) is 0 Å². The number of rotatable bonds is 4. The summed E-state index contributed by atoms with van der Waals surface area (Å²) in [5, 5.41) is 1.20. The van der Waals surface area contributed by atoms with Gasteiger partial charge >= 0.3 is 24.6 Å². The number of ether oxygens (including phenoxy) is 1.